The monoisotopic (exact) mass is 414 g/mol. The number of carbonyl (C=O) groups excluding carboxylic acids is 3. The lowest BCUT2D eigenvalue weighted by Gasteiger charge is -2.31. The second-order valence-corrected chi connectivity index (χ2v) is 7.24. The third-order valence-corrected chi connectivity index (χ3v) is 4.98. The quantitative estimate of drug-likeness (QED) is 0.474. The number of piperidine rings is 2. The zero-order valence-electron chi connectivity index (χ0n) is 18.2. The van der Waals surface area contributed by atoms with Gasteiger partial charge in [0.05, 0.1) is 38.1 Å². The molecular weight excluding hydrogens is 376 g/mol. The van der Waals surface area contributed by atoms with E-state index in [-0.39, 0.29) is 29.7 Å². The Hall–Kier alpha value is -1.67. The molecule has 8 nitrogen and oxygen atoms in total. The Morgan fingerprint density at radius 2 is 1.52 bits per heavy atom. The molecule has 0 radical (unpaired) electrons. The van der Waals surface area contributed by atoms with E-state index < -0.39 is 0 Å². The lowest BCUT2D eigenvalue weighted by atomic mass is 9.98. The third-order valence-electron chi connectivity index (χ3n) is 4.98. The second kappa shape index (κ2) is 15.2. The Kier molecular flexibility index (Phi) is 13.3. The Labute approximate surface area is 174 Å². The van der Waals surface area contributed by atoms with Crippen LogP contribution in [0.4, 0.5) is 0 Å². The van der Waals surface area contributed by atoms with Gasteiger partial charge in [0, 0.05) is 19.6 Å². The first-order valence-corrected chi connectivity index (χ1v) is 10.9. The van der Waals surface area contributed by atoms with Gasteiger partial charge in [0.2, 0.25) is 0 Å². The number of nitrogens with one attached hydrogen (secondary N) is 1. The minimum absolute atomic E-state index is 0.0408. The van der Waals surface area contributed by atoms with E-state index in [0.29, 0.717) is 39.3 Å². The summed E-state index contributed by atoms with van der Waals surface area (Å²) in [6.07, 6.45) is 4.32. The van der Waals surface area contributed by atoms with Crippen LogP contribution in [0.25, 0.3) is 0 Å². The fourth-order valence-corrected chi connectivity index (χ4v) is 3.51. The largest absolute Gasteiger partial charge is 0.466 e. The molecule has 2 heterocycles. The predicted molar refractivity (Wildman–Crippen MR) is 109 cm³/mol. The number of carbonyl (C=O) groups is 3. The van der Waals surface area contributed by atoms with Gasteiger partial charge in [-0.15, -0.1) is 0 Å². The highest BCUT2D eigenvalue weighted by atomic mass is 16.5. The predicted octanol–water partition coefficient (Wildman–Crippen LogP) is 1.76. The van der Waals surface area contributed by atoms with Crippen molar-refractivity contribution in [1.82, 2.24) is 10.2 Å². The first-order valence-electron chi connectivity index (χ1n) is 10.9. The Bertz CT molecular complexity index is 494. The van der Waals surface area contributed by atoms with Crippen molar-refractivity contribution in [3.8, 4) is 0 Å². The maximum absolute atomic E-state index is 11.6. The van der Waals surface area contributed by atoms with Gasteiger partial charge < -0.3 is 24.4 Å². The summed E-state index contributed by atoms with van der Waals surface area (Å²) in [5.41, 5.74) is 0. The molecule has 1 N–H and O–H groups in total. The minimum Gasteiger partial charge on any atom is -0.466 e. The van der Waals surface area contributed by atoms with E-state index in [1.807, 2.05) is 13.8 Å². The van der Waals surface area contributed by atoms with Crippen molar-refractivity contribution >= 4 is 17.9 Å². The third kappa shape index (κ3) is 10.6. The van der Waals surface area contributed by atoms with Crippen molar-refractivity contribution in [1.29, 1.82) is 0 Å². The molecule has 2 aliphatic rings. The van der Waals surface area contributed by atoms with Crippen LogP contribution in [0.5, 0.6) is 0 Å². The van der Waals surface area contributed by atoms with Crippen LogP contribution >= 0.6 is 0 Å². The summed E-state index contributed by atoms with van der Waals surface area (Å²) < 4.78 is 14.8. The zero-order valence-corrected chi connectivity index (χ0v) is 18.2. The van der Waals surface area contributed by atoms with Crippen LogP contribution in [0.1, 0.15) is 52.9 Å². The van der Waals surface area contributed by atoms with E-state index in [1.54, 1.807) is 6.92 Å². The van der Waals surface area contributed by atoms with Crippen LogP contribution in [-0.4, -0.2) is 75.4 Å². The SMILES string of the molecule is CCOC(=O)C1CCCNC1.CCOC(=O)CCN1CCCC(C(=O)OCC)C1. The molecule has 2 fully saturated rings. The summed E-state index contributed by atoms with van der Waals surface area (Å²) in [5, 5.41) is 3.17. The molecule has 0 spiro atoms. The molecule has 29 heavy (non-hydrogen) atoms. The van der Waals surface area contributed by atoms with Crippen LogP contribution in [-0.2, 0) is 28.6 Å². The van der Waals surface area contributed by atoms with Crippen LogP contribution in [0.15, 0.2) is 0 Å². The molecule has 0 aromatic carbocycles. The molecule has 2 unspecified atom stereocenters. The second-order valence-electron chi connectivity index (χ2n) is 7.24. The molecule has 0 bridgehead atoms. The van der Waals surface area contributed by atoms with E-state index >= 15 is 0 Å². The van der Waals surface area contributed by atoms with Gasteiger partial charge in [0.15, 0.2) is 0 Å². The summed E-state index contributed by atoms with van der Waals surface area (Å²) in [6, 6.07) is 0. The summed E-state index contributed by atoms with van der Waals surface area (Å²) in [4.78, 5) is 36.2. The fraction of sp³-hybridized carbons (Fsp3) is 0.857. The van der Waals surface area contributed by atoms with Gasteiger partial charge in [-0.25, -0.2) is 0 Å². The molecule has 2 saturated heterocycles. The van der Waals surface area contributed by atoms with Gasteiger partial charge in [-0.1, -0.05) is 0 Å². The van der Waals surface area contributed by atoms with Gasteiger partial charge in [-0.3, -0.25) is 14.4 Å². The van der Waals surface area contributed by atoms with E-state index in [0.717, 1.165) is 45.3 Å². The molecule has 0 aromatic rings. The van der Waals surface area contributed by atoms with Gasteiger partial charge in [-0.2, -0.15) is 0 Å². The molecule has 0 amide bonds. The van der Waals surface area contributed by atoms with Gasteiger partial charge in [-0.05, 0) is 59.5 Å². The van der Waals surface area contributed by atoms with E-state index in [1.165, 1.54) is 0 Å². The zero-order chi connectivity index (χ0) is 21.5. The number of rotatable bonds is 8. The van der Waals surface area contributed by atoms with Crippen molar-refractivity contribution in [2.45, 2.75) is 52.9 Å². The molecule has 0 saturated carbocycles. The molecule has 8 heteroatoms. The summed E-state index contributed by atoms with van der Waals surface area (Å²) in [7, 11) is 0. The van der Waals surface area contributed by atoms with Crippen LogP contribution < -0.4 is 5.32 Å². The molecule has 0 aromatic heterocycles. The topological polar surface area (TPSA) is 94.2 Å². The van der Waals surface area contributed by atoms with Crippen molar-refractivity contribution in [3.05, 3.63) is 0 Å². The molecule has 2 atom stereocenters. The fourth-order valence-electron chi connectivity index (χ4n) is 3.51. The number of likely N-dealkylation sites (tertiary alicyclic amines) is 1. The number of nitrogens with zero attached hydrogens (tertiary/aromatic N) is 1. The van der Waals surface area contributed by atoms with Crippen molar-refractivity contribution in [3.63, 3.8) is 0 Å². The first-order chi connectivity index (χ1) is 14.0. The number of hydrogen-bond donors (Lipinski definition) is 1. The Balaban J connectivity index is 0.000000326. The Morgan fingerprint density at radius 3 is 2.10 bits per heavy atom. The smallest absolute Gasteiger partial charge is 0.310 e. The van der Waals surface area contributed by atoms with Crippen LogP contribution in [0.2, 0.25) is 0 Å². The van der Waals surface area contributed by atoms with E-state index in [4.69, 9.17) is 14.2 Å². The maximum Gasteiger partial charge on any atom is 0.310 e. The van der Waals surface area contributed by atoms with Crippen LogP contribution in [0.3, 0.4) is 0 Å². The van der Waals surface area contributed by atoms with Crippen LogP contribution in [0, 0.1) is 11.8 Å². The highest BCUT2D eigenvalue weighted by molar-refractivity contribution is 5.73. The van der Waals surface area contributed by atoms with Crippen molar-refractivity contribution in [2.75, 3.05) is 52.5 Å². The lowest BCUT2D eigenvalue weighted by molar-refractivity contribution is -0.150. The first kappa shape index (κ1) is 25.4. The molecular formula is C21H38N2O6. The van der Waals surface area contributed by atoms with Gasteiger partial charge >= 0.3 is 17.9 Å². The Morgan fingerprint density at radius 1 is 0.897 bits per heavy atom. The van der Waals surface area contributed by atoms with E-state index in [2.05, 4.69) is 10.2 Å². The molecule has 2 rings (SSSR count). The summed E-state index contributed by atoms with van der Waals surface area (Å²) >= 11 is 0. The van der Waals surface area contributed by atoms with Crippen molar-refractivity contribution in [2.24, 2.45) is 11.8 Å². The molecule has 0 aliphatic carbocycles. The van der Waals surface area contributed by atoms with Gasteiger partial charge in [0.1, 0.15) is 0 Å². The van der Waals surface area contributed by atoms with Crippen molar-refractivity contribution < 1.29 is 28.6 Å². The average Bonchev–Trinajstić information content (AvgIpc) is 2.74. The average molecular weight is 415 g/mol. The minimum atomic E-state index is -0.171. The maximum atomic E-state index is 11.6. The lowest BCUT2D eigenvalue weighted by Crippen LogP contribution is -2.40. The van der Waals surface area contributed by atoms with E-state index in [9.17, 15) is 14.4 Å². The normalized spacial score (nSPS) is 22.0. The standard InChI is InChI=1S/C13H23NO4.C8H15NO2/c1-3-17-12(15)7-9-14-8-5-6-11(10-14)13(16)18-4-2;1-2-11-8(10)7-4-3-5-9-6-7/h11H,3-10H2,1-2H3;7,9H,2-6H2,1H3. The molecule has 168 valence electrons. The summed E-state index contributed by atoms with van der Waals surface area (Å²) in [6.45, 7) is 10.9. The summed E-state index contributed by atoms with van der Waals surface area (Å²) in [5.74, 6) is -0.265. The highest BCUT2D eigenvalue weighted by Crippen LogP contribution is 2.18. The number of esters is 3. The highest BCUT2D eigenvalue weighted by Gasteiger charge is 2.27. The molecule has 2 aliphatic heterocycles. The number of hydrogen-bond acceptors (Lipinski definition) is 8. The number of ether oxygens (including phenoxy) is 3. The van der Waals surface area contributed by atoms with Gasteiger partial charge in [0.25, 0.3) is 0 Å².